The number of nitrogens with zero attached hydrogens (tertiary/aromatic N) is 4. The number of hydrogen-bond donors (Lipinski definition) is 2. The van der Waals surface area contributed by atoms with Crippen LogP contribution in [0, 0.1) is 5.82 Å². The van der Waals surface area contributed by atoms with Crippen LogP contribution in [0.2, 0.25) is 0 Å². The standard InChI is InChI=1S/C16H21FN6S/c1-11-6-8-24-9-7-23(11)10-14-20-15(18)22-16(21-14)19-13-4-2-12(17)3-5-13/h2-5,11H,6-10H2,1H3,(H3,18,19,20,21,22). The summed E-state index contributed by atoms with van der Waals surface area (Å²) in [6, 6.07) is 6.51. The summed E-state index contributed by atoms with van der Waals surface area (Å²) < 4.78 is 13.0. The van der Waals surface area contributed by atoms with Crippen molar-refractivity contribution in [3.8, 4) is 0 Å². The summed E-state index contributed by atoms with van der Waals surface area (Å²) in [7, 11) is 0. The molecule has 0 radical (unpaired) electrons. The quantitative estimate of drug-likeness (QED) is 0.879. The summed E-state index contributed by atoms with van der Waals surface area (Å²) in [4.78, 5) is 15.2. The van der Waals surface area contributed by atoms with Gasteiger partial charge in [-0.2, -0.15) is 26.7 Å². The summed E-state index contributed by atoms with van der Waals surface area (Å²) in [5, 5.41) is 3.04. The zero-order valence-corrected chi connectivity index (χ0v) is 14.4. The number of benzene rings is 1. The number of nitrogens with one attached hydrogen (secondary N) is 1. The monoisotopic (exact) mass is 348 g/mol. The highest BCUT2D eigenvalue weighted by Gasteiger charge is 2.19. The minimum Gasteiger partial charge on any atom is -0.368 e. The van der Waals surface area contributed by atoms with E-state index in [1.807, 2.05) is 11.8 Å². The van der Waals surface area contributed by atoms with Crippen LogP contribution >= 0.6 is 11.8 Å². The maximum atomic E-state index is 13.0. The van der Waals surface area contributed by atoms with Gasteiger partial charge in [-0.1, -0.05) is 0 Å². The number of hydrogen-bond acceptors (Lipinski definition) is 7. The largest absolute Gasteiger partial charge is 0.368 e. The van der Waals surface area contributed by atoms with Crippen molar-refractivity contribution in [1.82, 2.24) is 19.9 Å². The van der Waals surface area contributed by atoms with E-state index in [1.165, 1.54) is 17.9 Å². The van der Waals surface area contributed by atoms with Crippen LogP contribution in [0.15, 0.2) is 24.3 Å². The molecule has 1 aromatic heterocycles. The predicted molar refractivity (Wildman–Crippen MR) is 95.7 cm³/mol. The van der Waals surface area contributed by atoms with Crippen LogP contribution < -0.4 is 11.1 Å². The lowest BCUT2D eigenvalue weighted by molar-refractivity contribution is 0.207. The Morgan fingerprint density at radius 2 is 2.04 bits per heavy atom. The molecular formula is C16H21FN6S. The first kappa shape index (κ1) is 16.9. The Labute approximate surface area is 145 Å². The van der Waals surface area contributed by atoms with Crippen LogP contribution in [0.1, 0.15) is 19.2 Å². The summed E-state index contributed by atoms with van der Waals surface area (Å²) in [5.41, 5.74) is 6.52. The Morgan fingerprint density at radius 3 is 2.83 bits per heavy atom. The minimum atomic E-state index is -0.288. The van der Waals surface area contributed by atoms with Gasteiger partial charge in [-0.15, -0.1) is 0 Å². The van der Waals surface area contributed by atoms with Gasteiger partial charge in [-0.25, -0.2) is 4.39 Å². The highest BCUT2D eigenvalue weighted by molar-refractivity contribution is 7.99. The highest BCUT2D eigenvalue weighted by Crippen LogP contribution is 2.19. The molecule has 1 aliphatic rings. The van der Waals surface area contributed by atoms with Crippen LogP contribution in [0.4, 0.5) is 22.0 Å². The van der Waals surface area contributed by atoms with Gasteiger partial charge in [0.1, 0.15) is 11.6 Å². The number of halogens is 1. The third-order valence-electron chi connectivity index (χ3n) is 3.97. The van der Waals surface area contributed by atoms with Crippen molar-refractivity contribution in [3.05, 3.63) is 35.9 Å². The number of rotatable bonds is 4. The third kappa shape index (κ3) is 4.55. The van der Waals surface area contributed by atoms with E-state index in [0.717, 1.165) is 18.7 Å². The topological polar surface area (TPSA) is 80.0 Å². The molecule has 0 aliphatic carbocycles. The van der Waals surface area contributed by atoms with Gasteiger partial charge in [-0.05, 0) is 43.4 Å². The smallest absolute Gasteiger partial charge is 0.232 e. The molecule has 2 aromatic rings. The van der Waals surface area contributed by atoms with Gasteiger partial charge < -0.3 is 11.1 Å². The molecule has 2 heterocycles. The molecule has 1 unspecified atom stereocenters. The molecule has 8 heteroatoms. The van der Waals surface area contributed by atoms with E-state index in [1.54, 1.807) is 12.1 Å². The van der Waals surface area contributed by atoms with Crippen LogP contribution in [0.3, 0.4) is 0 Å². The normalized spacial score (nSPS) is 19.0. The maximum absolute atomic E-state index is 13.0. The minimum absolute atomic E-state index is 0.182. The van der Waals surface area contributed by atoms with Gasteiger partial charge in [0.25, 0.3) is 0 Å². The molecule has 0 bridgehead atoms. The van der Waals surface area contributed by atoms with Gasteiger partial charge in [0.2, 0.25) is 11.9 Å². The Balaban J connectivity index is 1.74. The second-order valence-electron chi connectivity index (χ2n) is 5.79. The first-order valence-electron chi connectivity index (χ1n) is 7.95. The van der Waals surface area contributed by atoms with Crippen molar-refractivity contribution in [2.24, 2.45) is 0 Å². The highest BCUT2D eigenvalue weighted by atomic mass is 32.2. The molecule has 1 aliphatic heterocycles. The molecule has 6 nitrogen and oxygen atoms in total. The predicted octanol–water partition coefficient (Wildman–Crippen LogP) is 2.66. The van der Waals surface area contributed by atoms with E-state index >= 15 is 0 Å². The van der Waals surface area contributed by atoms with E-state index in [2.05, 4.69) is 32.1 Å². The summed E-state index contributed by atoms with van der Waals surface area (Å²) >= 11 is 1.98. The van der Waals surface area contributed by atoms with Gasteiger partial charge >= 0.3 is 0 Å². The molecule has 3 rings (SSSR count). The zero-order chi connectivity index (χ0) is 16.9. The van der Waals surface area contributed by atoms with E-state index in [0.29, 0.717) is 30.0 Å². The second-order valence-corrected chi connectivity index (χ2v) is 7.01. The van der Waals surface area contributed by atoms with Crippen molar-refractivity contribution >= 4 is 29.3 Å². The van der Waals surface area contributed by atoms with Crippen molar-refractivity contribution in [2.45, 2.75) is 25.9 Å². The number of aromatic nitrogens is 3. The molecule has 0 saturated carbocycles. The van der Waals surface area contributed by atoms with Crippen LogP contribution in [0.5, 0.6) is 0 Å². The van der Waals surface area contributed by atoms with Gasteiger partial charge in [-0.3, -0.25) is 4.90 Å². The lowest BCUT2D eigenvalue weighted by Crippen LogP contribution is -2.34. The molecule has 1 saturated heterocycles. The van der Waals surface area contributed by atoms with E-state index in [9.17, 15) is 4.39 Å². The van der Waals surface area contributed by atoms with Gasteiger partial charge in [0.15, 0.2) is 0 Å². The van der Waals surface area contributed by atoms with Crippen LogP contribution in [0.25, 0.3) is 0 Å². The van der Waals surface area contributed by atoms with Crippen molar-refractivity contribution in [1.29, 1.82) is 0 Å². The van der Waals surface area contributed by atoms with Crippen molar-refractivity contribution in [2.75, 3.05) is 29.1 Å². The Bertz CT molecular complexity index is 681. The van der Waals surface area contributed by atoms with Crippen molar-refractivity contribution < 1.29 is 4.39 Å². The van der Waals surface area contributed by atoms with Crippen LogP contribution in [-0.4, -0.2) is 43.9 Å². The van der Waals surface area contributed by atoms with Gasteiger partial charge in [0, 0.05) is 24.0 Å². The molecule has 3 N–H and O–H groups in total. The second kappa shape index (κ2) is 7.76. The summed E-state index contributed by atoms with van der Waals surface area (Å²) in [6.45, 7) is 3.89. The number of anilines is 3. The van der Waals surface area contributed by atoms with Crippen LogP contribution in [-0.2, 0) is 6.54 Å². The van der Waals surface area contributed by atoms with E-state index in [4.69, 9.17) is 5.73 Å². The first-order valence-corrected chi connectivity index (χ1v) is 9.10. The molecule has 1 aromatic carbocycles. The lowest BCUT2D eigenvalue weighted by Gasteiger charge is -2.25. The Hall–Kier alpha value is -1.93. The number of thioether (sulfide) groups is 1. The molecule has 128 valence electrons. The number of nitrogens with two attached hydrogens (primary N) is 1. The first-order chi connectivity index (χ1) is 11.6. The average Bonchev–Trinajstić information content (AvgIpc) is 2.74. The fraction of sp³-hybridized carbons (Fsp3) is 0.438. The molecule has 24 heavy (non-hydrogen) atoms. The SMILES string of the molecule is CC1CCSCCN1Cc1nc(N)nc(Nc2ccc(F)cc2)n1. The Kier molecular flexibility index (Phi) is 5.47. The Morgan fingerprint density at radius 1 is 1.25 bits per heavy atom. The maximum Gasteiger partial charge on any atom is 0.232 e. The summed E-state index contributed by atoms with van der Waals surface area (Å²) in [5.74, 6) is 3.22. The third-order valence-corrected chi connectivity index (χ3v) is 4.97. The van der Waals surface area contributed by atoms with Crippen molar-refractivity contribution in [3.63, 3.8) is 0 Å². The zero-order valence-electron chi connectivity index (χ0n) is 13.6. The number of nitrogen functional groups attached to an aromatic ring is 1. The average molecular weight is 348 g/mol. The van der Waals surface area contributed by atoms with Gasteiger partial charge in [0.05, 0.1) is 6.54 Å². The van der Waals surface area contributed by atoms with E-state index in [-0.39, 0.29) is 11.8 Å². The molecular weight excluding hydrogens is 327 g/mol. The molecule has 1 fully saturated rings. The fourth-order valence-corrected chi connectivity index (χ4v) is 3.66. The van der Waals surface area contributed by atoms with E-state index < -0.39 is 0 Å². The summed E-state index contributed by atoms with van der Waals surface area (Å²) in [6.07, 6.45) is 1.16. The molecule has 0 amide bonds. The molecule has 1 atom stereocenters. The fourth-order valence-electron chi connectivity index (χ4n) is 2.58. The molecule has 0 spiro atoms. The lowest BCUT2D eigenvalue weighted by atomic mass is 10.2.